The molecule has 0 N–H and O–H groups in total. The van der Waals surface area contributed by atoms with Crippen molar-refractivity contribution < 1.29 is 0 Å². The number of rotatable bonds is 12. The summed E-state index contributed by atoms with van der Waals surface area (Å²) in [6.07, 6.45) is 13.3. The molecule has 0 aliphatic heterocycles. The molecule has 0 saturated carbocycles. The van der Waals surface area contributed by atoms with Crippen molar-refractivity contribution in [2.45, 2.75) is 91.9 Å². The maximum absolute atomic E-state index is 2.44. The highest BCUT2D eigenvalue weighted by Gasteiger charge is 2.16. The lowest BCUT2D eigenvalue weighted by atomic mass is 9.83. The Hall–Kier alpha value is -1.30. The van der Waals surface area contributed by atoms with Gasteiger partial charge in [-0.15, -0.1) is 0 Å². The third-order valence-corrected chi connectivity index (χ3v) is 6.23. The van der Waals surface area contributed by atoms with E-state index in [-0.39, 0.29) is 0 Å². The van der Waals surface area contributed by atoms with E-state index in [9.17, 15) is 0 Å². The van der Waals surface area contributed by atoms with Gasteiger partial charge in [0.15, 0.2) is 0 Å². The van der Waals surface area contributed by atoms with Crippen LogP contribution in [0, 0.1) is 11.8 Å². The monoisotopic (exact) mass is 352 g/mol. The molecule has 0 saturated heterocycles. The minimum absolute atomic E-state index is 0.829. The first kappa shape index (κ1) is 21.0. The van der Waals surface area contributed by atoms with Crippen molar-refractivity contribution in [1.29, 1.82) is 0 Å². The fourth-order valence-corrected chi connectivity index (χ4v) is 4.30. The van der Waals surface area contributed by atoms with Gasteiger partial charge in [0, 0.05) is 0 Å². The molecule has 2 aromatic carbocycles. The summed E-state index contributed by atoms with van der Waals surface area (Å²) in [5.74, 6) is 1.67. The second-order valence-electron chi connectivity index (χ2n) is 8.17. The van der Waals surface area contributed by atoms with Crippen molar-refractivity contribution >= 4 is 10.8 Å². The highest BCUT2D eigenvalue weighted by Crippen LogP contribution is 2.30. The van der Waals surface area contributed by atoms with Crippen molar-refractivity contribution in [2.75, 3.05) is 0 Å². The second-order valence-corrected chi connectivity index (χ2v) is 8.17. The lowest BCUT2D eigenvalue weighted by Crippen LogP contribution is -2.10. The molecule has 0 aliphatic rings. The van der Waals surface area contributed by atoms with Crippen LogP contribution in [0.1, 0.15) is 90.2 Å². The lowest BCUT2D eigenvalue weighted by molar-refractivity contribution is 0.435. The van der Waals surface area contributed by atoms with E-state index in [1.807, 2.05) is 0 Å². The van der Waals surface area contributed by atoms with Gasteiger partial charge in [-0.05, 0) is 46.6 Å². The van der Waals surface area contributed by atoms with Crippen LogP contribution in [0.4, 0.5) is 0 Å². The molecule has 0 fully saturated rings. The number of fused-ring (bicyclic) bond motifs is 1. The third-order valence-electron chi connectivity index (χ3n) is 6.23. The molecule has 2 unspecified atom stereocenters. The quantitative estimate of drug-likeness (QED) is 0.360. The number of unbranched alkanes of at least 4 members (excludes halogenated alkanes) is 2. The maximum Gasteiger partial charge on any atom is -0.0149 e. The van der Waals surface area contributed by atoms with Crippen molar-refractivity contribution in [3.05, 3.63) is 47.5 Å². The van der Waals surface area contributed by atoms with Crippen LogP contribution in [0.15, 0.2) is 36.4 Å². The molecule has 2 rings (SSSR count). The number of benzene rings is 2. The fraction of sp³-hybridized carbons (Fsp3) is 0.615. The summed E-state index contributed by atoms with van der Waals surface area (Å²) in [6.45, 7) is 9.38. The van der Waals surface area contributed by atoms with Gasteiger partial charge in [0.2, 0.25) is 0 Å². The van der Waals surface area contributed by atoms with E-state index < -0.39 is 0 Å². The molecular formula is C26H40. The van der Waals surface area contributed by atoms with Crippen LogP contribution in [0.3, 0.4) is 0 Å². The van der Waals surface area contributed by atoms with Crippen molar-refractivity contribution in [3.8, 4) is 0 Å². The molecule has 144 valence electrons. The first-order valence-corrected chi connectivity index (χ1v) is 11.2. The predicted molar refractivity (Wildman–Crippen MR) is 118 cm³/mol. The lowest BCUT2D eigenvalue weighted by Gasteiger charge is -2.22. The highest BCUT2D eigenvalue weighted by molar-refractivity contribution is 5.86. The maximum atomic E-state index is 2.44. The predicted octanol–water partition coefficient (Wildman–Crippen LogP) is 8.36. The molecule has 26 heavy (non-hydrogen) atoms. The van der Waals surface area contributed by atoms with Gasteiger partial charge < -0.3 is 0 Å². The van der Waals surface area contributed by atoms with Crippen molar-refractivity contribution in [3.63, 3.8) is 0 Å². The Labute approximate surface area is 162 Å². The zero-order valence-electron chi connectivity index (χ0n) is 17.7. The number of hydrogen-bond acceptors (Lipinski definition) is 0. The normalized spacial score (nSPS) is 13.8. The Morgan fingerprint density at radius 3 is 1.92 bits per heavy atom. The standard InChI is InChI=1S/C26H40/c1-5-9-13-21(7-3)19-24-18-17-23-15-11-12-16-25(23)26(24)20-22(8-4)14-10-6-2/h11-12,15-18,21-22H,5-10,13-14,19-20H2,1-4H3. The van der Waals surface area contributed by atoms with E-state index in [1.54, 1.807) is 11.1 Å². The summed E-state index contributed by atoms with van der Waals surface area (Å²) < 4.78 is 0. The van der Waals surface area contributed by atoms with E-state index in [1.165, 1.54) is 75.0 Å². The average Bonchev–Trinajstić information content (AvgIpc) is 2.69. The molecule has 0 amide bonds. The van der Waals surface area contributed by atoms with Gasteiger partial charge in [0.05, 0.1) is 0 Å². The Kier molecular flexibility index (Phi) is 9.23. The summed E-state index contributed by atoms with van der Waals surface area (Å²) in [4.78, 5) is 0. The molecule has 0 spiro atoms. The van der Waals surface area contributed by atoms with Gasteiger partial charge in [0.1, 0.15) is 0 Å². The van der Waals surface area contributed by atoms with E-state index in [2.05, 4.69) is 64.1 Å². The van der Waals surface area contributed by atoms with Gasteiger partial charge in [-0.1, -0.05) is 115 Å². The van der Waals surface area contributed by atoms with Gasteiger partial charge in [-0.2, -0.15) is 0 Å². The Morgan fingerprint density at radius 1 is 0.692 bits per heavy atom. The molecule has 0 aromatic heterocycles. The van der Waals surface area contributed by atoms with Gasteiger partial charge in [-0.3, -0.25) is 0 Å². The number of hydrogen-bond donors (Lipinski definition) is 0. The Balaban J connectivity index is 2.32. The minimum atomic E-state index is 0.829. The van der Waals surface area contributed by atoms with Crippen LogP contribution in [0.25, 0.3) is 10.8 Å². The fourth-order valence-electron chi connectivity index (χ4n) is 4.30. The van der Waals surface area contributed by atoms with Crippen LogP contribution in [0.5, 0.6) is 0 Å². The SMILES string of the molecule is CCCCC(CC)Cc1ccc2ccccc2c1CC(CC)CCCC. The summed E-state index contributed by atoms with van der Waals surface area (Å²) in [5, 5.41) is 2.92. The van der Waals surface area contributed by atoms with Gasteiger partial charge in [-0.25, -0.2) is 0 Å². The molecule has 2 aromatic rings. The van der Waals surface area contributed by atoms with Crippen molar-refractivity contribution in [1.82, 2.24) is 0 Å². The molecular weight excluding hydrogens is 312 g/mol. The zero-order valence-corrected chi connectivity index (χ0v) is 17.7. The summed E-state index contributed by atoms with van der Waals surface area (Å²) in [5.41, 5.74) is 3.28. The van der Waals surface area contributed by atoms with Gasteiger partial charge in [0.25, 0.3) is 0 Å². The summed E-state index contributed by atoms with van der Waals surface area (Å²) >= 11 is 0. The van der Waals surface area contributed by atoms with Crippen LogP contribution in [-0.2, 0) is 12.8 Å². The highest BCUT2D eigenvalue weighted by atomic mass is 14.2. The summed E-state index contributed by atoms with van der Waals surface area (Å²) in [6, 6.07) is 13.8. The van der Waals surface area contributed by atoms with Crippen LogP contribution in [0.2, 0.25) is 0 Å². The van der Waals surface area contributed by atoms with E-state index >= 15 is 0 Å². The van der Waals surface area contributed by atoms with E-state index in [0.717, 1.165) is 11.8 Å². The first-order valence-electron chi connectivity index (χ1n) is 11.2. The van der Waals surface area contributed by atoms with Crippen LogP contribution in [-0.4, -0.2) is 0 Å². The van der Waals surface area contributed by atoms with E-state index in [0.29, 0.717) is 0 Å². The summed E-state index contributed by atoms with van der Waals surface area (Å²) in [7, 11) is 0. The molecule has 0 bridgehead atoms. The third kappa shape index (κ3) is 5.86. The largest absolute Gasteiger partial charge is 0.0654 e. The zero-order chi connectivity index (χ0) is 18.8. The Morgan fingerprint density at radius 2 is 1.31 bits per heavy atom. The second kappa shape index (κ2) is 11.4. The average molecular weight is 353 g/mol. The minimum Gasteiger partial charge on any atom is -0.0654 e. The Bertz CT molecular complexity index is 640. The van der Waals surface area contributed by atoms with Crippen LogP contribution >= 0.6 is 0 Å². The molecule has 0 nitrogen and oxygen atoms in total. The first-order chi connectivity index (χ1) is 12.7. The van der Waals surface area contributed by atoms with Crippen molar-refractivity contribution in [2.24, 2.45) is 11.8 Å². The molecule has 0 aliphatic carbocycles. The molecule has 2 atom stereocenters. The molecule has 0 heteroatoms. The topological polar surface area (TPSA) is 0 Å². The van der Waals surface area contributed by atoms with Gasteiger partial charge >= 0.3 is 0 Å². The van der Waals surface area contributed by atoms with E-state index in [4.69, 9.17) is 0 Å². The molecule has 0 heterocycles. The smallest absolute Gasteiger partial charge is 0.0149 e. The van der Waals surface area contributed by atoms with Crippen LogP contribution < -0.4 is 0 Å². The molecule has 0 radical (unpaired) electrons.